The smallest absolute Gasteiger partial charge is 0.261 e. The Morgan fingerprint density at radius 1 is 1.09 bits per heavy atom. The van der Waals surface area contributed by atoms with E-state index in [1.807, 2.05) is 0 Å². The van der Waals surface area contributed by atoms with Gasteiger partial charge < -0.3 is 11.1 Å². The Morgan fingerprint density at radius 3 is 2.27 bits per heavy atom. The second-order valence-corrected chi connectivity index (χ2v) is 6.57. The topological polar surface area (TPSA) is 101 Å². The molecule has 6 nitrogen and oxygen atoms in total. The fourth-order valence-electron chi connectivity index (χ4n) is 1.93. The monoisotopic (exact) mass is 319 g/mol. The molecule has 7 heteroatoms. The second kappa shape index (κ2) is 6.07. The van der Waals surface area contributed by atoms with E-state index in [-0.39, 0.29) is 10.8 Å². The maximum atomic E-state index is 12.3. The molecule has 0 bridgehead atoms. The van der Waals surface area contributed by atoms with Crippen LogP contribution in [0.5, 0.6) is 0 Å². The van der Waals surface area contributed by atoms with Gasteiger partial charge in [0.15, 0.2) is 0 Å². The first-order chi connectivity index (χ1) is 10.3. The number of carbonyl (C=O) groups is 1. The summed E-state index contributed by atoms with van der Waals surface area (Å²) in [4.78, 5) is 11.1. The molecule has 2 aromatic carbocycles. The van der Waals surface area contributed by atoms with Gasteiger partial charge in [-0.25, -0.2) is 8.42 Å². The number of amides is 1. The van der Waals surface area contributed by atoms with Gasteiger partial charge in [-0.05, 0) is 55.0 Å². The van der Waals surface area contributed by atoms with Gasteiger partial charge in [-0.15, -0.1) is 0 Å². The van der Waals surface area contributed by atoms with E-state index in [4.69, 9.17) is 5.73 Å². The summed E-state index contributed by atoms with van der Waals surface area (Å²) in [7, 11) is -3.70. The van der Waals surface area contributed by atoms with E-state index in [2.05, 4.69) is 10.0 Å². The molecule has 0 fully saturated rings. The van der Waals surface area contributed by atoms with Crippen molar-refractivity contribution in [3.05, 3.63) is 48.0 Å². The summed E-state index contributed by atoms with van der Waals surface area (Å²) >= 11 is 0. The molecule has 0 aromatic heterocycles. The average Bonchev–Trinajstić information content (AvgIpc) is 2.42. The first-order valence-electron chi connectivity index (χ1n) is 6.54. The highest BCUT2D eigenvalue weighted by Crippen LogP contribution is 2.22. The van der Waals surface area contributed by atoms with Gasteiger partial charge in [-0.1, -0.05) is 0 Å². The molecule has 0 radical (unpaired) electrons. The lowest BCUT2D eigenvalue weighted by atomic mass is 10.2. The highest BCUT2D eigenvalue weighted by atomic mass is 32.2. The van der Waals surface area contributed by atoms with Gasteiger partial charge in [0, 0.05) is 18.3 Å². The van der Waals surface area contributed by atoms with Crippen LogP contribution in [0, 0.1) is 6.92 Å². The molecule has 2 rings (SSSR count). The van der Waals surface area contributed by atoms with E-state index in [1.54, 1.807) is 25.1 Å². The van der Waals surface area contributed by atoms with E-state index in [9.17, 15) is 13.2 Å². The minimum Gasteiger partial charge on any atom is -0.399 e. The maximum absolute atomic E-state index is 12.3. The van der Waals surface area contributed by atoms with Crippen LogP contribution in [0.15, 0.2) is 47.4 Å². The lowest BCUT2D eigenvalue weighted by Gasteiger charge is -2.11. The first kappa shape index (κ1) is 15.8. The number of aryl methyl sites for hydroxylation is 1. The van der Waals surface area contributed by atoms with Crippen LogP contribution in [0.25, 0.3) is 0 Å². The van der Waals surface area contributed by atoms with Gasteiger partial charge in [0.2, 0.25) is 5.91 Å². The number of hydrogen-bond donors (Lipinski definition) is 3. The molecule has 0 saturated carbocycles. The van der Waals surface area contributed by atoms with Crippen LogP contribution < -0.4 is 15.8 Å². The number of nitrogens with one attached hydrogen (secondary N) is 2. The van der Waals surface area contributed by atoms with Gasteiger partial charge in [0.25, 0.3) is 10.0 Å². The molecule has 116 valence electrons. The number of hydrogen-bond acceptors (Lipinski definition) is 4. The summed E-state index contributed by atoms with van der Waals surface area (Å²) in [6, 6.07) is 10.9. The Hall–Kier alpha value is -2.54. The zero-order valence-electron chi connectivity index (χ0n) is 12.3. The van der Waals surface area contributed by atoms with E-state index >= 15 is 0 Å². The van der Waals surface area contributed by atoms with Gasteiger partial charge in [0.1, 0.15) is 0 Å². The number of sulfonamides is 1. The number of nitrogen functional groups attached to an aromatic ring is 1. The highest BCUT2D eigenvalue weighted by Gasteiger charge is 2.15. The van der Waals surface area contributed by atoms with Gasteiger partial charge in [-0.2, -0.15) is 0 Å². The minimum absolute atomic E-state index is 0.109. The maximum Gasteiger partial charge on any atom is 0.261 e. The molecular formula is C15H17N3O3S. The predicted octanol–water partition coefficient (Wildman–Crippen LogP) is 2.34. The number of anilines is 3. The summed E-state index contributed by atoms with van der Waals surface area (Å²) in [5.74, 6) is -0.216. The van der Waals surface area contributed by atoms with E-state index < -0.39 is 10.0 Å². The van der Waals surface area contributed by atoms with Crippen LogP contribution in [0.3, 0.4) is 0 Å². The molecule has 4 N–H and O–H groups in total. The fourth-order valence-corrected chi connectivity index (χ4v) is 3.06. The van der Waals surface area contributed by atoms with Crippen molar-refractivity contribution in [1.29, 1.82) is 0 Å². The molecule has 2 aromatic rings. The third-order valence-electron chi connectivity index (χ3n) is 2.98. The van der Waals surface area contributed by atoms with Gasteiger partial charge >= 0.3 is 0 Å². The first-order valence-corrected chi connectivity index (χ1v) is 8.03. The summed E-state index contributed by atoms with van der Waals surface area (Å²) in [5.41, 5.74) is 7.96. The van der Waals surface area contributed by atoms with Crippen molar-refractivity contribution in [3.63, 3.8) is 0 Å². The van der Waals surface area contributed by atoms with E-state index in [0.717, 1.165) is 5.56 Å². The summed E-state index contributed by atoms with van der Waals surface area (Å²) in [6.45, 7) is 3.16. The van der Waals surface area contributed by atoms with Crippen molar-refractivity contribution in [1.82, 2.24) is 0 Å². The second-order valence-electron chi connectivity index (χ2n) is 4.89. The Balaban J connectivity index is 2.24. The minimum atomic E-state index is -3.70. The molecule has 0 aliphatic carbocycles. The Kier molecular flexibility index (Phi) is 4.37. The zero-order valence-corrected chi connectivity index (χ0v) is 13.1. The molecule has 0 aliphatic rings. The Labute approximate surface area is 129 Å². The molecule has 1 amide bonds. The van der Waals surface area contributed by atoms with Gasteiger partial charge in [-0.3, -0.25) is 9.52 Å². The van der Waals surface area contributed by atoms with Gasteiger partial charge in [0.05, 0.1) is 10.6 Å². The molecule has 0 heterocycles. The molecule has 0 aliphatic heterocycles. The molecule has 0 spiro atoms. The fraction of sp³-hybridized carbons (Fsp3) is 0.133. The lowest BCUT2D eigenvalue weighted by Crippen LogP contribution is -2.14. The Morgan fingerprint density at radius 2 is 1.73 bits per heavy atom. The van der Waals surface area contributed by atoms with Crippen LogP contribution in [0.1, 0.15) is 12.5 Å². The van der Waals surface area contributed by atoms with Crippen LogP contribution in [-0.2, 0) is 14.8 Å². The normalized spacial score (nSPS) is 11.0. The average molecular weight is 319 g/mol. The third-order valence-corrected chi connectivity index (χ3v) is 4.36. The SMILES string of the molecule is CC(=O)Nc1ccc(S(=O)(=O)Nc2ccc(N)cc2C)cc1. The highest BCUT2D eigenvalue weighted by molar-refractivity contribution is 7.92. The standard InChI is InChI=1S/C15H17N3O3S/c1-10-9-12(16)3-8-15(10)18-22(20,21)14-6-4-13(5-7-14)17-11(2)19/h3-9,18H,16H2,1-2H3,(H,17,19). The molecule has 0 unspecified atom stereocenters. The summed E-state index contributed by atoms with van der Waals surface area (Å²) < 4.78 is 27.2. The largest absolute Gasteiger partial charge is 0.399 e. The number of nitrogens with two attached hydrogens (primary N) is 1. The number of benzene rings is 2. The number of rotatable bonds is 4. The van der Waals surface area contributed by atoms with Crippen molar-refractivity contribution in [2.24, 2.45) is 0 Å². The number of carbonyl (C=O) groups excluding carboxylic acids is 1. The summed E-state index contributed by atoms with van der Waals surface area (Å²) in [5, 5.41) is 2.58. The molecule has 22 heavy (non-hydrogen) atoms. The van der Waals surface area contributed by atoms with E-state index in [1.165, 1.54) is 31.2 Å². The zero-order chi connectivity index (χ0) is 16.3. The van der Waals surface area contributed by atoms with Crippen molar-refractivity contribution in [2.75, 3.05) is 15.8 Å². The van der Waals surface area contributed by atoms with Crippen LogP contribution in [0.4, 0.5) is 17.1 Å². The molecule has 0 atom stereocenters. The van der Waals surface area contributed by atoms with Crippen LogP contribution in [0.2, 0.25) is 0 Å². The van der Waals surface area contributed by atoms with E-state index in [0.29, 0.717) is 17.1 Å². The third kappa shape index (κ3) is 3.76. The lowest BCUT2D eigenvalue weighted by molar-refractivity contribution is -0.114. The molecular weight excluding hydrogens is 302 g/mol. The quantitative estimate of drug-likeness (QED) is 0.753. The summed E-state index contributed by atoms with van der Waals surface area (Å²) in [6.07, 6.45) is 0. The van der Waals surface area contributed by atoms with Crippen LogP contribution >= 0.6 is 0 Å². The Bertz CT molecular complexity index is 799. The van der Waals surface area contributed by atoms with Crippen LogP contribution in [-0.4, -0.2) is 14.3 Å². The van der Waals surface area contributed by atoms with Crippen molar-refractivity contribution < 1.29 is 13.2 Å². The van der Waals surface area contributed by atoms with Crippen molar-refractivity contribution in [3.8, 4) is 0 Å². The van der Waals surface area contributed by atoms with Crippen molar-refractivity contribution in [2.45, 2.75) is 18.7 Å². The van der Waals surface area contributed by atoms with Crippen molar-refractivity contribution >= 4 is 33.0 Å². The molecule has 0 saturated heterocycles. The predicted molar refractivity (Wildman–Crippen MR) is 87.1 cm³/mol.